The van der Waals surface area contributed by atoms with Crippen molar-refractivity contribution < 1.29 is 0 Å². The van der Waals surface area contributed by atoms with Gasteiger partial charge in [-0.2, -0.15) is 0 Å². The summed E-state index contributed by atoms with van der Waals surface area (Å²) in [7, 11) is 0. The number of nitrogens with one attached hydrogen (secondary N) is 2. The first-order valence-electron chi connectivity index (χ1n) is 23.7. The van der Waals surface area contributed by atoms with Crippen molar-refractivity contribution in [2.45, 2.75) is 105 Å². The van der Waals surface area contributed by atoms with Crippen LogP contribution in [0.25, 0.3) is 86.7 Å². The van der Waals surface area contributed by atoms with Crippen molar-refractivity contribution >= 4 is 135 Å². The first-order chi connectivity index (χ1) is 33.6. The zero-order valence-electron chi connectivity index (χ0n) is 42.2. The molecule has 2 N–H and O–H groups in total. The van der Waals surface area contributed by atoms with Crippen molar-refractivity contribution in [3.63, 3.8) is 0 Å². The van der Waals surface area contributed by atoms with Gasteiger partial charge in [0.2, 0.25) is 0 Å². The second kappa shape index (κ2) is 18.9. The van der Waals surface area contributed by atoms with Gasteiger partial charge >= 0.3 is 0 Å². The van der Waals surface area contributed by atoms with Gasteiger partial charge in [-0.05, 0) is 66.2 Å². The Bertz CT molecular complexity index is 3410. The maximum Gasteiger partial charge on any atom is 0.0940 e. The average Bonchev–Trinajstić information content (AvgIpc) is 3.97. The number of fused-ring (bicyclic) bond motifs is 8. The van der Waals surface area contributed by atoms with Gasteiger partial charge in [0.1, 0.15) is 0 Å². The number of H-pyrrole nitrogens is 2. The van der Waals surface area contributed by atoms with E-state index in [9.17, 15) is 0 Å². The molecule has 0 radical (unpaired) electrons. The highest BCUT2D eigenvalue weighted by Crippen LogP contribution is 2.52. The van der Waals surface area contributed by atoms with Gasteiger partial charge < -0.3 is 9.97 Å². The lowest BCUT2D eigenvalue weighted by Gasteiger charge is -2.19. The number of nitrogens with zero attached hydrogens (tertiary/aromatic N) is 2. The predicted octanol–water partition coefficient (Wildman–Crippen LogP) is 21.4. The molecule has 0 atom stereocenters. The Balaban J connectivity index is 1.57. The first kappa shape index (κ1) is 52.7. The minimum Gasteiger partial charge on any atom is -0.352 e. The Kier molecular flexibility index (Phi) is 13.8. The van der Waals surface area contributed by atoms with Crippen LogP contribution in [0, 0.1) is 0 Å². The van der Waals surface area contributed by atoms with E-state index in [-0.39, 0.29) is 61.9 Å². The van der Waals surface area contributed by atoms with Crippen LogP contribution in [0.2, 0.25) is 20.1 Å². The van der Waals surface area contributed by atoms with Gasteiger partial charge in [0.15, 0.2) is 0 Å². The molecule has 7 aromatic rings. The summed E-state index contributed by atoms with van der Waals surface area (Å²) in [6.07, 6.45) is 0. The summed E-state index contributed by atoms with van der Waals surface area (Å²) in [6.45, 7) is 26.0. The van der Waals surface area contributed by atoms with Crippen LogP contribution >= 0.6 is 92.8 Å². The summed E-state index contributed by atoms with van der Waals surface area (Å²) >= 11 is 60.4. The number of rotatable bonds is 4. The van der Waals surface area contributed by atoms with Crippen LogP contribution in [-0.2, 0) is 21.7 Å². The minimum absolute atomic E-state index is 0.130. The number of aromatic nitrogens is 4. The molecule has 0 saturated heterocycles. The Morgan fingerprint density at radius 1 is 0.278 bits per heavy atom. The largest absolute Gasteiger partial charge is 0.352 e. The molecular formula is C60H54Cl8N4. The molecular weight excluding hydrogens is 1060 g/mol. The van der Waals surface area contributed by atoms with Gasteiger partial charge in [0.05, 0.1) is 85.1 Å². The third kappa shape index (κ3) is 9.36. The molecule has 2 aliphatic rings. The van der Waals surface area contributed by atoms with Crippen molar-refractivity contribution in [2.24, 2.45) is 0 Å². The molecule has 0 spiro atoms. The van der Waals surface area contributed by atoms with Gasteiger partial charge in [0.25, 0.3) is 0 Å². The van der Waals surface area contributed by atoms with E-state index in [1.54, 1.807) is 0 Å². The van der Waals surface area contributed by atoms with Crippen molar-refractivity contribution in [3.8, 4) is 44.5 Å². The topological polar surface area (TPSA) is 57.4 Å². The molecule has 0 aliphatic carbocycles. The lowest BCUT2D eigenvalue weighted by molar-refractivity contribution is 0.590. The van der Waals surface area contributed by atoms with Crippen LogP contribution in [0.3, 0.4) is 0 Å². The summed E-state index contributed by atoms with van der Waals surface area (Å²) in [5, 5.41) is 1.64. The van der Waals surface area contributed by atoms with Crippen LogP contribution < -0.4 is 0 Å². The van der Waals surface area contributed by atoms with Gasteiger partial charge in [-0.3, -0.25) is 0 Å². The number of hydrogen-bond donors (Lipinski definition) is 2. The average molecular weight is 1110 g/mol. The highest BCUT2D eigenvalue weighted by Gasteiger charge is 2.33. The lowest BCUT2D eigenvalue weighted by Crippen LogP contribution is -2.10. The molecule has 370 valence electrons. The smallest absolute Gasteiger partial charge is 0.0940 e. The van der Waals surface area contributed by atoms with Gasteiger partial charge in [-0.15, -0.1) is 0 Å². The highest BCUT2D eigenvalue weighted by atomic mass is 35.5. The Hall–Kier alpha value is -4.20. The van der Waals surface area contributed by atoms with Gasteiger partial charge in [-0.1, -0.05) is 273 Å². The third-order valence-corrected chi connectivity index (χ3v) is 16.9. The normalized spacial score (nSPS) is 13.7. The maximum atomic E-state index is 7.56. The minimum atomic E-state index is -0.139. The standard InChI is InChI=1S/C60H54Cl8N4/c1-57(2,3)33-21-13-29(14-22-33)37-49-41(61)43(63)51(69-49)38(30-15-23-34(24-16-30)58(4,5)6)53-45(65)47(67)55(71-53)40(32-19-27-36(28-20-32)60(10,11)12)56-48(68)46(66)54(72-56)39(52-44(64)42(62)50(37)70-52)31-17-25-35(26-18-31)59(7,8)9/h13-28,69-70H,1-12H3. The fraction of sp³-hybridized carbons (Fsp3) is 0.267. The molecule has 0 saturated carbocycles. The predicted molar refractivity (Wildman–Crippen MR) is 315 cm³/mol. The summed E-state index contributed by atoms with van der Waals surface area (Å²) in [6, 6.07) is 33.0. The van der Waals surface area contributed by atoms with E-state index in [0.717, 1.165) is 44.5 Å². The van der Waals surface area contributed by atoms with E-state index in [4.69, 9.17) is 103 Å². The zero-order chi connectivity index (χ0) is 52.3. The van der Waals surface area contributed by atoms with E-state index in [1.165, 1.54) is 0 Å². The lowest BCUT2D eigenvalue weighted by atomic mass is 9.86. The summed E-state index contributed by atoms with van der Waals surface area (Å²) < 4.78 is 0. The molecule has 8 bridgehead atoms. The highest BCUT2D eigenvalue weighted by molar-refractivity contribution is 6.68. The Labute approximate surface area is 462 Å². The number of halogens is 8. The maximum absolute atomic E-state index is 7.56. The first-order valence-corrected chi connectivity index (χ1v) is 26.7. The summed E-state index contributed by atoms with van der Waals surface area (Å²) in [4.78, 5) is 18.2. The van der Waals surface area contributed by atoms with E-state index >= 15 is 0 Å². The number of hydrogen-bond acceptors (Lipinski definition) is 2. The second-order valence-electron chi connectivity index (χ2n) is 22.7. The zero-order valence-corrected chi connectivity index (χ0v) is 48.2. The molecule has 2 aliphatic heterocycles. The van der Waals surface area contributed by atoms with E-state index < -0.39 is 0 Å². The van der Waals surface area contributed by atoms with E-state index in [0.29, 0.717) is 67.1 Å². The fourth-order valence-electron chi connectivity index (χ4n) is 9.24. The van der Waals surface area contributed by atoms with Crippen LogP contribution in [0.5, 0.6) is 0 Å². The molecule has 72 heavy (non-hydrogen) atoms. The number of aromatic amines is 2. The van der Waals surface area contributed by atoms with Crippen molar-refractivity contribution in [2.75, 3.05) is 0 Å². The van der Waals surface area contributed by atoms with Crippen molar-refractivity contribution in [1.29, 1.82) is 0 Å². The third-order valence-electron chi connectivity index (χ3n) is 13.5. The Morgan fingerprint density at radius 3 is 0.708 bits per heavy atom. The molecule has 4 aromatic carbocycles. The van der Waals surface area contributed by atoms with E-state index in [1.807, 2.05) is 48.5 Å². The molecule has 0 amide bonds. The van der Waals surface area contributed by atoms with Crippen molar-refractivity contribution in [1.82, 2.24) is 19.9 Å². The molecule has 9 rings (SSSR count). The van der Waals surface area contributed by atoms with Crippen molar-refractivity contribution in [3.05, 3.63) is 162 Å². The van der Waals surface area contributed by atoms with E-state index in [2.05, 4.69) is 142 Å². The fourth-order valence-corrected chi connectivity index (χ4v) is 11.1. The molecule has 12 heteroatoms. The molecule has 5 heterocycles. The quantitative estimate of drug-likeness (QED) is 0.185. The van der Waals surface area contributed by atoms with Crippen LogP contribution in [0.4, 0.5) is 0 Å². The molecule has 4 nitrogen and oxygen atoms in total. The monoisotopic (exact) mass is 1110 g/mol. The second-order valence-corrected chi connectivity index (χ2v) is 25.7. The molecule has 0 fully saturated rings. The Morgan fingerprint density at radius 2 is 0.472 bits per heavy atom. The van der Waals surface area contributed by atoms with Gasteiger partial charge in [-0.25, -0.2) is 9.97 Å². The van der Waals surface area contributed by atoms with Crippen LogP contribution in [0.15, 0.2) is 97.1 Å². The summed E-state index contributed by atoms with van der Waals surface area (Å²) in [5.41, 5.74) is 12.4. The SMILES string of the molecule is CC(C)(C)c1ccc(-c2c3nc(c(-c4ccc(C(C)(C)C)cc4)c4[nH]c(c(Cl)c4Cl)c(-c4ccc(C(C)(C)C)cc4)c4[nH]c(c(Cl)c4Cl)c(-c4ccc(C(C)(C)C)cc4)c4nc2C(Cl)=C4Cl)C(Cl)=C3Cl)cc1. The number of benzene rings is 4. The van der Waals surface area contributed by atoms with Crippen LogP contribution in [-0.4, -0.2) is 19.9 Å². The van der Waals surface area contributed by atoms with Crippen LogP contribution in [0.1, 0.15) is 128 Å². The summed E-state index contributed by atoms with van der Waals surface area (Å²) in [5.74, 6) is 0. The molecule has 3 aromatic heterocycles. The molecule has 0 unspecified atom stereocenters. The van der Waals surface area contributed by atoms with Gasteiger partial charge in [0, 0.05) is 22.3 Å².